The van der Waals surface area contributed by atoms with E-state index in [4.69, 9.17) is 32.7 Å². The Balaban J connectivity index is 1.84. The second-order valence-electron chi connectivity index (χ2n) is 6.89. The summed E-state index contributed by atoms with van der Waals surface area (Å²) in [5.74, 6) is 0.580. The number of hydrogen-bond acceptors (Lipinski definition) is 5. The molecular formula is C23H22Cl2N2O5S. The van der Waals surface area contributed by atoms with Crippen LogP contribution in [0.15, 0.2) is 71.6 Å². The number of nitrogens with one attached hydrogen (secondary N) is 1. The van der Waals surface area contributed by atoms with Crippen LogP contribution in [0.25, 0.3) is 0 Å². The number of methoxy groups -OCH3 is 2. The Morgan fingerprint density at radius 2 is 1.61 bits per heavy atom. The van der Waals surface area contributed by atoms with Gasteiger partial charge in [-0.05, 0) is 48.0 Å². The molecule has 0 aliphatic rings. The van der Waals surface area contributed by atoms with Crippen molar-refractivity contribution in [2.24, 2.45) is 0 Å². The first-order valence-corrected chi connectivity index (χ1v) is 12.0. The van der Waals surface area contributed by atoms with Gasteiger partial charge in [0, 0.05) is 6.54 Å². The maximum Gasteiger partial charge on any atom is 0.264 e. The van der Waals surface area contributed by atoms with Gasteiger partial charge in [-0.2, -0.15) is 0 Å². The molecule has 7 nitrogen and oxygen atoms in total. The number of hydrogen-bond donors (Lipinski definition) is 1. The summed E-state index contributed by atoms with van der Waals surface area (Å²) in [5, 5.41) is 3.18. The molecule has 1 amide bonds. The zero-order valence-corrected chi connectivity index (χ0v) is 20.2. The Bertz CT molecular complexity index is 1240. The highest BCUT2D eigenvalue weighted by molar-refractivity contribution is 7.92. The van der Waals surface area contributed by atoms with Crippen molar-refractivity contribution in [2.45, 2.75) is 11.4 Å². The fraction of sp³-hybridized carbons (Fsp3) is 0.174. The van der Waals surface area contributed by atoms with Gasteiger partial charge >= 0.3 is 0 Å². The summed E-state index contributed by atoms with van der Waals surface area (Å²) in [7, 11) is -0.998. The molecule has 0 heterocycles. The predicted molar refractivity (Wildman–Crippen MR) is 129 cm³/mol. The van der Waals surface area contributed by atoms with E-state index in [-0.39, 0.29) is 27.2 Å². The Labute approximate surface area is 202 Å². The molecule has 174 valence electrons. The number of sulfonamides is 1. The van der Waals surface area contributed by atoms with Crippen molar-refractivity contribution in [1.29, 1.82) is 0 Å². The second-order valence-corrected chi connectivity index (χ2v) is 9.57. The van der Waals surface area contributed by atoms with Crippen molar-refractivity contribution < 1.29 is 22.7 Å². The zero-order chi connectivity index (χ0) is 24.0. The Kier molecular flexibility index (Phi) is 8.07. The molecule has 0 aliphatic heterocycles. The lowest BCUT2D eigenvalue weighted by Crippen LogP contribution is -2.40. The third kappa shape index (κ3) is 5.90. The largest absolute Gasteiger partial charge is 0.493 e. The normalized spacial score (nSPS) is 11.0. The summed E-state index contributed by atoms with van der Waals surface area (Å²) < 4.78 is 38.1. The van der Waals surface area contributed by atoms with Gasteiger partial charge in [0.2, 0.25) is 5.91 Å². The van der Waals surface area contributed by atoms with Crippen LogP contribution in [-0.2, 0) is 21.4 Å². The molecule has 10 heteroatoms. The van der Waals surface area contributed by atoms with Gasteiger partial charge in [-0.1, -0.05) is 47.5 Å². The highest BCUT2D eigenvalue weighted by Crippen LogP contribution is 2.30. The van der Waals surface area contributed by atoms with Crippen LogP contribution in [0.3, 0.4) is 0 Å². The number of ether oxygens (including phenoxy) is 2. The third-order valence-electron chi connectivity index (χ3n) is 4.75. The fourth-order valence-electron chi connectivity index (χ4n) is 3.05. The lowest BCUT2D eigenvalue weighted by molar-refractivity contribution is -0.119. The molecule has 0 bridgehead atoms. The molecule has 0 saturated carbocycles. The van der Waals surface area contributed by atoms with Gasteiger partial charge in [-0.3, -0.25) is 9.10 Å². The number of nitrogens with zero attached hydrogens (tertiary/aromatic N) is 1. The van der Waals surface area contributed by atoms with Gasteiger partial charge in [-0.15, -0.1) is 0 Å². The minimum Gasteiger partial charge on any atom is -0.493 e. The molecule has 0 atom stereocenters. The van der Waals surface area contributed by atoms with Crippen LogP contribution in [-0.4, -0.2) is 35.1 Å². The first-order chi connectivity index (χ1) is 15.8. The maximum absolute atomic E-state index is 13.3. The standard InChI is InChI=1S/C23H22Cl2N2O5S/c1-31-21-11-8-16(12-22(21)32-2)14-26-23(28)15-27(17-9-10-19(24)20(25)13-17)33(29,30)18-6-4-3-5-7-18/h3-13H,14-15H2,1-2H3,(H,26,28). The summed E-state index contributed by atoms with van der Waals surface area (Å²) in [4.78, 5) is 12.8. The van der Waals surface area contributed by atoms with E-state index >= 15 is 0 Å². The minimum absolute atomic E-state index is 0.0452. The Hall–Kier alpha value is -2.94. The highest BCUT2D eigenvalue weighted by atomic mass is 35.5. The van der Waals surface area contributed by atoms with Gasteiger partial charge in [0.1, 0.15) is 6.54 Å². The molecule has 1 N–H and O–H groups in total. The number of halogens is 2. The zero-order valence-electron chi connectivity index (χ0n) is 17.9. The number of benzene rings is 3. The number of amides is 1. The topological polar surface area (TPSA) is 84.9 Å². The van der Waals surface area contributed by atoms with Crippen LogP contribution in [0.4, 0.5) is 5.69 Å². The van der Waals surface area contributed by atoms with Gasteiger partial charge < -0.3 is 14.8 Å². The molecule has 0 spiro atoms. The van der Waals surface area contributed by atoms with Crippen LogP contribution in [0.5, 0.6) is 11.5 Å². The molecule has 0 saturated heterocycles. The highest BCUT2D eigenvalue weighted by Gasteiger charge is 2.27. The lowest BCUT2D eigenvalue weighted by atomic mass is 10.2. The first-order valence-electron chi connectivity index (χ1n) is 9.76. The summed E-state index contributed by atoms with van der Waals surface area (Å²) in [6, 6.07) is 17.5. The molecule has 0 aliphatic carbocycles. The number of carbonyl (C=O) groups excluding carboxylic acids is 1. The van der Waals surface area contributed by atoms with Gasteiger partial charge in [0.15, 0.2) is 11.5 Å². The van der Waals surface area contributed by atoms with Crippen molar-refractivity contribution in [3.05, 3.63) is 82.3 Å². The van der Waals surface area contributed by atoms with Crippen molar-refractivity contribution in [3.63, 3.8) is 0 Å². The fourth-order valence-corrected chi connectivity index (χ4v) is 4.78. The lowest BCUT2D eigenvalue weighted by Gasteiger charge is -2.24. The molecular weight excluding hydrogens is 487 g/mol. The van der Waals surface area contributed by atoms with Crippen molar-refractivity contribution in [3.8, 4) is 11.5 Å². The molecule has 3 aromatic rings. The monoisotopic (exact) mass is 508 g/mol. The van der Waals surface area contributed by atoms with E-state index in [0.717, 1.165) is 9.87 Å². The van der Waals surface area contributed by atoms with Crippen LogP contribution in [0, 0.1) is 0 Å². The second kappa shape index (κ2) is 10.8. The quantitative estimate of drug-likeness (QED) is 0.459. The molecule has 0 aromatic heterocycles. The Morgan fingerprint density at radius 1 is 0.909 bits per heavy atom. The average molecular weight is 509 g/mol. The summed E-state index contributed by atoms with van der Waals surface area (Å²) >= 11 is 12.1. The molecule has 0 radical (unpaired) electrons. The van der Waals surface area contributed by atoms with Crippen LogP contribution in [0.1, 0.15) is 5.56 Å². The van der Waals surface area contributed by atoms with Gasteiger partial charge in [0.25, 0.3) is 10.0 Å². The van der Waals surface area contributed by atoms with Crippen molar-refractivity contribution in [2.75, 3.05) is 25.1 Å². The first kappa shape index (κ1) is 24.7. The molecule has 3 aromatic carbocycles. The summed E-state index contributed by atoms with van der Waals surface area (Å²) in [6.45, 7) is -0.289. The van der Waals surface area contributed by atoms with Crippen molar-refractivity contribution >= 4 is 44.8 Å². The van der Waals surface area contributed by atoms with E-state index in [2.05, 4.69) is 5.32 Å². The van der Waals surface area contributed by atoms with E-state index in [1.54, 1.807) is 36.4 Å². The number of rotatable bonds is 9. The minimum atomic E-state index is -4.05. The van der Waals surface area contributed by atoms with E-state index in [1.807, 2.05) is 0 Å². The van der Waals surface area contributed by atoms with Crippen LogP contribution >= 0.6 is 23.2 Å². The van der Waals surface area contributed by atoms with Gasteiger partial charge in [-0.25, -0.2) is 8.42 Å². The van der Waals surface area contributed by atoms with Gasteiger partial charge in [0.05, 0.1) is 34.8 Å². The molecule has 0 unspecified atom stereocenters. The van der Waals surface area contributed by atoms with Crippen LogP contribution < -0.4 is 19.1 Å². The average Bonchev–Trinajstić information content (AvgIpc) is 2.83. The molecule has 33 heavy (non-hydrogen) atoms. The van der Waals surface area contributed by atoms with Crippen LogP contribution in [0.2, 0.25) is 10.0 Å². The summed E-state index contributed by atoms with van der Waals surface area (Å²) in [6.07, 6.45) is 0. The van der Waals surface area contributed by atoms with E-state index in [0.29, 0.717) is 11.5 Å². The van der Waals surface area contributed by atoms with E-state index in [9.17, 15) is 13.2 Å². The summed E-state index contributed by atoms with van der Waals surface area (Å²) in [5.41, 5.74) is 0.975. The van der Waals surface area contributed by atoms with Crippen molar-refractivity contribution in [1.82, 2.24) is 5.32 Å². The number of anilines is 1. The number of carbonyl (C=O) groups is 1. The smallest absolute Gasteiger partial charge is 0.264 e. The maximum atomic E-state index is 13.3. The third-order valence-corrected chi connectivity index (χ3v) is 7.27. The molecule has 3 rings (SSSR count). The van der Waals surface area contributed by atoms with E-state index in [1.165, 1.54) is 44.6 Å². The Morgan fingerprint density at radius 3 is 2.24 bits per heavy atom. The molecule has 0 fully saturated rings. The van der Waals surface area contributed by atoms with E-state index < -0.39 is 22.5 Å². The predicted octanol–water partition coefficient (Wildman–Crippen LogP) is 4.52. The SMILES string of the molecule is COc1ccc(CNC(=O)CN(c2ccc(Cl)c(Cl)c2)S(=O)(=O)c2ccccc2)cc1OC.